The number of pyridine rings is 1. The van der Waals surface area contributed by atoms with Crippen LogP contribution in [0.1, 0.15) is 30.1 Å². The molecule has 0 amide bonds. The molecule has 5 nitrogen and oxygen atoms in total. The van der Waals surface area contributed by atoms with Gasteiger partial charge in [0.2, 0.25) is 0 Å². The van der Waals surface area contributed by atoms with Gasteiger partial charge in [0.05, 0.1) is 24.5 Å². The van der Waals surface area contributed by atoms with Gasteiger partial charge in [0.1, 0.15) is 0 Å². The molecule has 0 aromatic carbocycles. The van der Waals surface area contributed by atoms with Gasteiger partial charge in [0.15, 0.2) is 0 Å². The summed E-state index contributed by atoms with van der Waals surface area (Å²) in [5, 5.41) is 13.6. The standard InChI is InChI=1S/C15H20N4O/c1-12-8-17-19(9-12)15-3-2-6-18(10-15)14-4-5-16-13(7-14)11-20/h4-5,7-9,15,20H,2-3,6,10-11H2,1H3. The summed E-state index contributed by atoms with van der Waals surface area (Å²) in [6, 6.07) is 4.40. The van der Waals surface area contributed by atoms with Crippen molar-refractivity contribution in [2.75, 3.05) is 18.0 Å². The molecule has 20 heavy (non-hydrogen) atoms. The number of anilines is 1. The van der Waals surface area contributed by atoms with E-state index in [2.05, 4.69) is 32.8 Å². The molecule has 106 valence electrons. The van der Waals surface area contributed by atoms with Crippen LogP contribution in [0.25, 0.3) is 0 Å². The van der Waals surface area contributed by atoms with E-state index in [9.17, 15) is 5.11 Å². The molecule has 1 fully saturated rings. The minimum atomic E-state index is -0.0105. The summed E-state index contributed by atoms with van der Waals surface area (Å²) in [4.78, 5) is 6.49. The number of hydrogen-bond acceptors (Lipinski definition) is 4. The number of aliphatic hydroxyl groups is 1. The molecule has 2 aromatic rings. The normalized spacial score (nSPS) is 19.3. The summed E-state index contributed by atoms with van der Waals surface area (Å²) in [6.45, 7) is 4.06. The Morgan fingerprint density at radius 2 is 2.35 bits per heavy atom. The van der Waals surface area contributed by atoms with Crippen molar-refractivity contribution in [2.45, 2.75) is 32.4 Å². The van der Waals surface area contributed by atoms with E-state index in [1.165, 1.54) is 5.56 Å². The molecule has 0 bridgehead atoms. The Labute approximate surface area is 118 Å². The first kappa shape index (κ1) is 13.1. The van der Waals surface area contributed by atoms with E-state index in [1.54, 1.807) is 6.20 Å². The lowest BCUT2D eigenvalue weighted by Gasteiger charge is -2.34. The third-order valence-corrected chi connectivity index (χ3v) is 3.83. The number of aromatic nitrogens is 3. The first-order valence-corrected chi connectivity index (χ1v) is 7.08. The fourth-order valence-electron chi connectivity index (χ4n) is 2.79. The van der Waals surface area contributed by atoms with Crippen LogP contribution in [0.5, 0.6) is 0 Å². The van der Waals surface area contributed by atoms with Gasteiger partial charge in [0.25, 0.3) is 0 Å². The molecule has 0 aliphatic carbocycles. The second-order valence-corrected chi connectivity index (χ2v) is 5.40. The second kappa shape index (κ2) is 5.63. The summed E-state index contributed by atoms with van der Waals surface area (Å²) in [6.07, 6.45) is 8.10. The zero-order chi connectivity index (χ0) is 13.9. The van der Waals surface area contributed by atoms with Crippen LogP contribution >= 0.6 is 0 Å². The average molecular weight is 272 g/mol. The quantitative estimate of drug-likeness (QED) is 0.927. The van der Waals surface area contributed by atoms with Crippen LogP contribution < -0.4 is 4.90 Å². The van der Waals surface area contributed by atoms with E-state index >= 15 is 0 Å². The Hall–Kier alpha value is -1.88. The number of hydrogen-bond donors (Lipinski definition) is 1. The number of piperidine rings is 1. The number of rotatable bonds is 3. The van der Waals surface area contributed by atoms with E-state index in [0.29, 0.717) is 6.04 Å². The zero-order valence-electron chi connectivity index (χ0n) is 11.7. The molecule has 2 aromatic heterocycles. The summed E-state index contributed by atoms with van der Waals surface area (Å²) in [5.41, 5.74) is 3.06. The van der Waals surface area contributed by atoms with Crippen molar-refractivity contribution in [1.29, 1.82) is 0 Å². The van der Waals surface area contributed by atoms with Crippen LogP contribution in [-0.4, -0.2) is 33.0 Å². The average Bonchev–Trinajstić information content (AvgIpc) is 2.94. The Morgan fingerprint density at radius 1 is 1.45 bits per heavy atom. The first-order valence-electron chi connectivity index (χ1n) is 7.08. The van der Waals surface area contributed by atoms with Gasteiger partial charge in [-0.3, -0.25) is 9.67 Å². The highest BCUT2D eigenvalue weighted by Crippen LogP contribution is 2.26. The molecule has 1 aliphatic heterocycles. The lowest BCUT2D eigenvalue weighted by molar-refractivity contribution is 0.277. The Balaban J connectivity index is 1.77. The van der Waals surface area contributed by atoms with Crippen LogP contribution in [0, 0.1) is 6.92 Å². The van der Waals surface area contributed by atoms with E-state index in [-0.39, 0.29) is 6.61 Å². The maximum absolute atomic E-state index is 9.20. The molecule has 1 aliphatic rings. The molecule has 1 unspecified atom stereocenters. The van der Waals surface area contributed by atoms with Crippen LogP contribution in [0.15, 0.2) is 30.7 Å². The molecular weight excluding hydrogens is 252 g/mol. The van der Waals surface area contributed by atoms with Crippen molar-refractivity contribution in [1.82, 2.24) is 14.8 Å². The second-order valence-electron chi connectivity index (χ2n) is 5.40. The minimum Gasteiger partial charge on any atom is -0.390 e. The van der Waals surface area contributed by atoms with Gasteiger partial charge in [-0.15, -0.1) is 0 Å². The summed E-state index contributed by atoms with van der Waals surface area (Å²) in [7, 11) is 0. The largest absolute Gasteiger partial charge is 0.390 e. The monoisotopic (exact) mass is 272 g/mol. The van der Waals surface area contributed by atoms with E-state index in [1.807, 2.05) is 18.3 Å². The van der Waals surface area contributed by atoms with Crippen molar-refractivity contribution < 1.29 is 5.11 Å². The molecule has 1 saturated heterocycles. The van der Waals surface area contributed by atoms with Gasteiger partial charge in [-0.1, -0.05) is 0 Å². The predicted molar refractivity (Wildman–Crippen MR) is 77.6 cm³/mol. The van der Waals surface area contributed by atoms with Gasteiger partial charge in [-0.05, 0) is 37.5 Å². The summed E-state index contributed by atoms with van der Waals surface area (Å²) >= 11 is 0. The highest BCUT2D eigenvalue weighted by atomic mass is 16.3. The molecule has 0 radical (unpaired) electrons. The molecule has 3 rings (SSSR count). The first-order chi connectivity index (χ1) is 9.76. The predicted octanol–water partition coefficient (Wildman–Crippen LogP) is 1.92. The van der Waals surface area contributed by atoms with Gasteiger partial charge >= 0.3 is 0 Å². The summed E-state index contributed by atoms with van der Waals surface area (Å²) < 4.78 is 2.08. The Bertz CT molecular complexity index is 581. The molecule has 1 atom stereocenters. The van der Waals surface area contributed by atoms with Crippen LogP contribution in [0.2, 0.25) is 0 Å². The van der Waals surface area contributed by atoms with Crippen molar-refractivity contribution in [3.8, 4) is 0 Å². The number of nitrogens with zero attached hydrogens (tertiary/aromatic N) is 4. The van der Waals surface area contributed by atoms with Gasteiger partial charge in [0, 0.05) is 31.2 Å². The van der Waals surface area contributed by atoms with Crippen LogP contribution in [0.3, 0.4) is 0 Å². The minimum absolute atomic E-state index is 0.0105. The van der Waals surface area contributed by atoms with Crippen LogP contribution in [-0.2, 0) is 6.61 Å². The lowest BCUT2D eigenvalue weighted by Crippen LogP contribution is -2.36. The fourth-order valence-corrected chi connectivity index (χ4v) is 2.79. The third-order valence-electron chi connectivity index (χ3n) is 3.83. The molecule has 0 spiro atoms. The van der Waals surface area contributed by atoms with Gasteiger partial charge in [-0.25, -0.2) is 0 Å². The van der Waals surface area contributed by atoms with Crippen molar-refractivity contribution in [3.05, 3.63) is 42.0 Å². The van der Waals surface area contributed by atoms with Crippen LogP contribution in [0.4, 0.5) is 5.69 Å². The Morgan fingerprint density at radius 3 is 3.10 bits per heavy atom. The topological polar surface area (TPSA) is 54.2 Å². The maximum atomic E-state index is 9.20. The van der Waals surface area contributed by atoms with Gasteiger partial charge in [-0.2, -0.15) is 5.10 Å². The Kier molecular flexibility index (Phi) is 3.69. The van der Waals surface area contributed by atoms with Crippen molar-refractivity contribution in [2.24, 2.45) is 0 Å². The van der Waals surface area contributed by atoms with E-state index in [4.69, 9.17) is 0 Å². The molecule has 3 heterocycles. The smallest absolute Gasteiger partial charge is 0.0853 e. The zero-order valence-corrected chi connectivity index (χ0v) is 11.7. The molecule has 0 saturated carbocycles. The maximum Gasteiger partial charge on any atom is 0.0853 e. The molecule has 5 heteroatoms. The van der Waals surface area contributed by atoms with Gasteiger partial charge < -0.3 is 10.0 Å². The molecule has 1 N–H and O–H groups in total. The number of aliphatic hydroxyl groups excluding tert-OH is 1. The fraction of sp³-hybridized carbons (Fsp3) is 0.467. The van der Waals surface area contributed by atoms with Crippen molar-refractivity contribution in [3.63, 3.8) is 0 Å². The van der Waals surface area contributed by atoms with Crippen molar-refractivity contribution >= 4 is 5.69 Å². The highest BCUT2D eigenvalue weighted by Gasteiger charge is 2.22. The highest BCUT2D eigenvalue weighted by molar-refractivity contribution is 5.47. The van der Waals surface area contributed by atoms with E-state index < -0.39 is 0 Å². The SMILES string of the molecule is Cc1cnn(C2CCCN(c3ccnc(CO)c3)C2)c1. The summed E-state index contributed by atoms with van der Waals surface area (Å²) in [5.74, 6) is 0. The van der Waals surface area contributed by atoms with E-state index in [0.717, 1.165) is 37.3 Å². The molecular formula is C15H20N4O. The number of aryl methyl sites for hydroxylation is 1. The lowest BCUT2D eigenvalue weighted by atomic mass is 10.1. The third kappa shape index (κ3) is 2.67.